The van der Waals surface area contributed by atoms with Crippen LogP contribution in [0.1, 0.15) is 12.0 Å². The molecule has 1 saturated heterocycles. The Bertz CT molecular complexity index is 347. The molecule has 1 unspecified atom stereocenters. The minimum absolute atomic E-state index is 0.298. The minimum Gasteiger partial charge on any atom is -0.379 e. The van der Waals surface area contributed by atoms with Crippen LogP contribution in [0, 0.1) is 0 Å². The van der Waals surface area contributed by atoms with Gasteiger partial charge in [0, 0.05) is 6.61 Å². The van der Waals surface area contributed by atoms with Crippen LogP contribution in [0.5, 0.6) is 0 Å². The zero-order chi connectivity index (χ0) is 12.3. The van der Waals surface area contributed by atoms with Crippen LogP contribution in [0.25, 0.3) is 0 Å². The van der Waals surface area contributed by atoms with Gasteiger partial charge in [0.15, 0.2) is 0 Å². The fraction of sp³-hybridized carbons (Fsp3) is 0.571. The van der Waals surface area contributed by atoms with Crippen molar-refractivity contribution in [2.75, 3.05) is 13.2 Å². The highest BCUT2D eigenvalue weighted by molar-refractivity contribution is 6.88. The van der Waals surface area contributed by atoms with Gasteiger partial charge in [-0.3, -0.25) is 0 Å². The highest BCUT2D eigenvalue weighted by atomic mass is 28.3. The molecule has 2 rings (SSSR count). The van der Waals surface area contributed by atoms with Crippen LogP contribution in [0.15, 0.2) is 24.3 Å². The van der Waals surface area contributed by atoms with E-state index in [4.69, 9.17) is 9.47 Å². The lowest BCUT2D eigenvalue weighted by molar-refractivity contribution is 0.0317. The molecule has 94 valence electrons. The van der Waals surface area contributed by atoms with E-state index in [0.29, 0.717) is 12.7 Å². The maximum absolute atomic E-state index is 5.80. The zero-order valence-electron chi connectivity index (χ0n) is 11.0. The van der Waals surface area contributed by atoms with Gasteiger partial charge in [-0.25, -0.2) is 0 Å². The van der Waals surface area contributed by atoms with Gasteiger partial charge in [-0.05, 0) is 12.0 Å². The Morgan fingerprint density at radius 1 is 1.24 bits per heavy atom. The van der Waals surface area contributed by atoms with Crippen molar-refractivity contribution in [2.24, 2.45) is 0 Å². The van der Waals surface area contributed by atoms with Gasteiger partial charge in [0.1, 0.15) is 0 Å². The molecule has 0 saturated carbocycles. The Hall–Kier alpha value is -0.643. The highest BCUT2D eigenvalue weighted by Crippen LogP contribution is 2.11. The largest absolute Gasteiger partial charge is 0.379 e. The van der Waals surface area contributed by atoms with Crippen molar-refractivity contribution in [1.82, 2.24) is 0 Å². The smallest absolute Gasteiger partial charge is 0.0834 e. The van der Waals surface area contributed by atoms with E-state index in [1.165, 1.54) is 10.8 Å². The van der Waals surface area contributed by atoms with Gasteiger partial charge >= 0.3 is 0 Å². The minimum atomic E-state index is -1.17. The maximum Gasteiger partial charge on any atom is 0.0834 e. The van der Waals surface area contributed by atoms with E-state index >= 15 is 0 Å². The molecule has 0 bridgehead atoms. The molecule has 1 heterocycles. The molecule has 17 heavy (non-hydrogen) atoms. The topological polar surface area (TPSA) is 18.5 Å². The van der Waals surface area contributed by atoms with Gasteiger partial charge in [-0.2, -0.15) is 0 Å². The van der Waals surface area contributed by atoms with E-state index in [0.717, 1.165) is 19.6 Å². The quantitative estimate of drug-likeness (QED) is 0.765. The first-order valence-corrected chi connectivity index (χ1v) is 9.84. The summed E-state index contributed by atoms with van der Waals surface area (Å²) in [6.07, 6.45) is 1.33. The Kier molecular flexibility index (Phi) is 4.02. The Balaban J connectivity index is 1.89. The molecule has 1 atom stereocenters. The number of rotatable bonds is 4. The molecule has 0 radical (unpaired) electrons. The van der Waals surface area contributed by atoms with Crippen molar-refractivity contribution < 1.29 is 9.47 Å². The SMILES string of the molecule is C[Si](C)(C)c1ccc(COC2CCOC2)cc1. The second kappa shape index (κ2) is 5.34. The summed E-state index contributed by atoms with van der Waals surface area (Å²) in [6.45, 7) is 9.42. The number of ether oxygens (including phenoxy) is 2. The van der Waals surface area contributed by atoms with Gasteiger partial charge in [-0.15, -0.1) is 0 Å². The summed E-state index contributed by atoms with van der Waals surface area (Å²) in [5, 5.41) is 1.51. The van der Waals surface area contributed by atoms with Crippen molar-refractivity contribution >= 4 is 13.3 Å². The molecule has 1 aromatic carbocycles. The highest BCUT2D eigenvalue weighted by Gasteiger charge is 2.17. The zero-order valence-corrected chi connectivity index (χ0v) is 12.0. The summed E-state index contributed by atoms with van der Waals surface area (Å²) in [6, 6.07) is 8.92. The summed E-state index contributed by atoms with van der Waals surface area (Å²) in [4.78, 5) is 0. The van der Waals surface area contributed by atoms with E-state index in [-0.39, 0.29) is 0 Å². The average molecular weight is 250 g/mol. The summed E-state index contributed by atoms with van der Waals surface area (Å²) < 4.78 is 11.1. The van der Waals surface area contributed by atoms with Crippen molar-refractivity contribution in [3.63, 3.8) is 0 Å². The Morgan fingerprint density at radius 2 is 1.94 bits per heavy atom. The summed E-state index contributed by atoms with van der Waals surface area (Å²) in [5.41, 5.74) is 1.26. The molecule has 1 aliphatic heterocycles. The Labute approximate surface area is 105 Å². The lowest BCUT2D eigenvalue weighted by Gasteiger charge is -2.17. The van der Waals surface area contributed by atoms with E-state index in [9.17, 15) is 0 Å². The van der Waals surface area contributed by atoms with E-state index in [1.54, 1.807) is 0 Å². The van der Waals surface area contributed by atoms with Gasteiger partial charge in [-0.1, -0.05) is 49.1 Å². The van der Waals surface area contributed by atoms with E-state index in [1.807, 2.05) is 0 Å². The molecule has 0 amide bonds. The molecular formula is C14H22O2Si. The van der Waals surface area contributed by atoms with Crippen LogP contribution in [0.2, 0.25) is 19.6 Å². The lowest BCUT2D eigenvalue weighted by atomic mass is 10.2. The molecule has 3 heteroatoms. The second-order valence-electron chi connectivity index (χ2n) is 5.74. The Morgan fingerprint density at radius 3 is 2.47 bits per heavy atom. The number of hydrogen-bond donors (Lipinski definition) is 0. The first-order chi connectivity index (χ1) is 8.05. The van der Waals surface area contributed by atoms with Crippen LogP contribution < -0.4 is 5.19 Å². The predicted octanol–water partition coefficient (Wildman–Crippen LogP) is 2.54. The van der Waals surface area contributed by atoms with Gasteiger partial charge in [0.25, 0.3) is 0 Å². The third kappa shape index (κ3) is 3.66. The molecule has 1 fully saturated rings. The molecule has 0 aliphatic carbocycles. The van der Waals surface area contributed by atoms with Crippen molar-refractivity contribution in [1.29, 1.82) is 0 Å². The average Bonchev–Trinajstić information content (AvgIpc) is 2.78. The van der Waals surface area contributed by atoms with E-state index < -0.39 is 8.07 Å². The van der Waals surface area contributed by atoms with Gasteiger partial charge in [0.2, 0.25) is 0 Å². The third-order valence-corrected chi connectivity index (χ3v) is 5.26. The number of hydrogen-bond acceptors (Lipinski definition) is 2. The second-order valence-corrected chi connectivity index (χ2v) is 10.8. The number of benzene rings is 1. The monoisotopic (exact) mass is 250 g/mol. The fourth-order valence-corrected chi connectivity index (χ4v) is 3.13. The summed E-state index contributed by atoms with van der Waals surface area (Å²) in [5.74, 6) is 0. The molecular weight excluding hydrogens is 228 g/mol. The molecule has 1 aromatic rings. The summed E-state index contributed by atoms with van der Waals surface area (Å²) in [7, 11) is -1.17. The van der Waals surface area contributed by atoms with E-state index in [2.05, 4.69) is 43.9 Å². The standard InChI is InChI=1S/C14H22O2Si/c1-17(2,3)14-6-4-12(5-7-14)10-16-13-8-9-15-11-13/h4-7,13H,8-11H2,1-3H3. The molecule has 0 N–H and O–H groups in total. The van der Waals surface area contributed by atoms with Crippen LogP contribution in [-0.4, -0.2) is 27.4 Å². The van der Waals surface area contributed by atoms with Crippen molar-refractivity contribution in [2.45, 2.75) is 38.8 Å². The normalized spacial score (nSPS) is 20.8. The third-order valence-electron chi connectivity index (χ3n) is 3.19. The van der Waals surface area contributed by atoms with Gasteiger partial charge < -0.3 is 9.47 Å². The van der Waals surface area contributed by atoms with Crippen LogP contribution in [-0.2, 0) is 16.1 Å². The lowest BCUT2D eigenvalue weighted by Crippen LogP contribution is -2.37. The molecule has 0 aromatic heterocycles. The molecule has 1 aliphatic rings. The van der Waals surface area contributed by atoms with Gasteiger partial charge in [0.05, 0.1) is 27.4 Å². The predicted molar refractivity (Wildman–Crippen MR) is 73.4 cm³/mol. The van der Waals surface area contributed by atoms with Crippen LogP contribution in [0.3, 0.4) is 0 Å². The van der Waals surface area contributed by atoms with Crippen LogP contribution >= 0.6 is 0 Å². The fourth-order valence-electron chi connectivity index (χ4n) is 1.96. The molecule has 2 nitrogen and oxygen atoms in total. The first-order valence-electron chi connectivity index (χ1n) is 6.34. The first kappa shape index (κ1) is 12.8. The molecule has 0 spiro atoms. The summed E-state index contributed by atoms with van der Waals surface area (Å²) >= 11 is 0. The van der Waals surface area contributed by atoms with Crippen molar-refractivity contribution in [3.05, 3.63) is 29.8 Å². The maximum atomic E-state index is 5.80. The van der Waals surface area contributed by atoms with Crippen LogP contribution in [0.4, 0.5) is 0 Å². The van der Waals surface area contributed by atoms with Crippen molar-refractivity contribution in [3.8, 4) is 0 Å².